The number of hydrogen-bond acceptors (Lipinski definition) is 4. The highest BCUT2D eigenvalue weighted by molar-refractivity contribution is 6.42. The van der Waals surface area contributed by atoms with Crippen molar-refractivity contribution in [3.8, 4) is 0 Å². The predicted molar refractivity (Wildman–Crippen MR) is 58.3 cm³/mol. The van der Waals surface area contributed by atoms with E-state index >= 15 is 0 Å². The van der Waals surface area contributed by atoms with Gasteiger partial charge in [-0.15, -0.1) is 0 Å². The summed E-state index contributed by atoms with van der Waals surface area (Å²) in [6.45, 7) is 0.472. The van der Waals surface area contributed by atoms with E-state index in [0.717, 1.165) is 5.56 Å². The van der Waals surface area contributed by atoms with Crippen LogP contribution < -0.4 is 5.32 Å². The van der Waals surface area contributed by atoms with E-state index in [1.54, 1.807) is 0 Å². The number of nitrogens with one attached hydrogen (secondary N) is 1. The van der Waals surface area contributed by atoms with Gasteiger partial charge in [0.25, 0.3) is 0 Å². The number of cyclic esters (lactones) is 1. The van der Waals surface area contributed by atoms with Gasteiger partial charge in [0, 0.05) is 6.54 Å². The van der Waals surface area contributed by atoms with Crippen LogP contribution in [0.2, 0.25) is 0 Å². The van der Waals surface area contributed by atoms with Gasteiger partial charge in [-0.3, -0.25) is 0 Å². The molecule has 1 aromatic rings. The largest absolute Gasteiger partial charge is 0.425 e. The third-order valence-electron chi connectivity index (χ3n) is 2.21. The number of esters is 1. The first-order valence-corrected chi connectivity index (χ1v) is 5.13. The second-order valence-corrected chi connectivity index (χ2v) is 3.70. The Morgan fingerprint density at radius 1 is 1.38 bits per heavy atom. The Morgan fingerprint density at radius 3 is 2.62 bits per heavy atom. The number of carbonyl (C=O) groups is 1. The molecule has 1 atom stereocenters. The number of aliphatic hydroxyl groups excluding tert-OH is 1. The number of rotatable bonds is 3. The molecule has 0 fully saturated rings. The average molecular weight is 240 g/mol. The highest BCUT2D eigenvalue weighted by Gasteiger charge is 2.31. The van der Waals surface area contributed by atoms with Gasteiger partial charge in [-0.1, -0.05) is 41.9 Å². The highest BCUT2D eigenvalue weighted by Crippen LogP contribution is 2.22. The van der Waals surface area contributed by atoms with E-state index in [2.05, 4.69) is 10.1 Å². The minimum absolute atomic E-state index is 0.0940. The van der Waals surface area contributed by atoms with Gasteiger partial charge in [0.15, 0.2) is 5.03 Å². The molecule has 2 rings (SSSR count). The molecule has 1 aliphatic heterocycles. The number of carbonyl (C=O) groups excluding carboxylic acids is 1. The van der Waals surface area contributed by atoms with Crippen molar-refractivity contribution >= 4 is 17.6 Å². The van der Waals surface area contributed by atoms with Gasteiger partial charge in [0.05, 0.1) is 0 Å². The zero-order chi connectivity index (χ0) is 11.5. The third-order valence-corrected chi connectivity index (χ3v) is 2.56. The maximum Gasteiger partial charge on any atom is 0.354 e. The van der Waals surface area contributed by atoms with E-state index in [1.807, 2.05) is 30.3 Å². The van der Waals surface area contributed by atoms with Crippen molar-refractivity contribution in [3.05, 3.63) is 46.6 Å². The standard InChI is InChI=1S/C11H10ClNO3/c12-8-9(11(15)16-10(8)14)13-6-7-4-2-1-3-5-7/h1-5,11,13,15H,6H2. The Balaban J connectivity index is 2.04. The first kappa shape index (κ1) is 11.0. The minimum atomic E-state index is -1.29. The van der Waals surface area contributed by atoms with Crippen LogP contribution >= 0.6 is 11.6 Å². The number of aliphatic hydroxyl groups is 1. The molecule has 0 radical (unpaired) electrons. The van der Waals surface area contributed by atoms with Gasteiger partial charge in [0.1, 0.15) is 5.70 Å². The zero-order valence-corrected chi connectivity index (χ0v) is 9.07. The lowest BCUT2D eigenvalue weighted by Crippen LogP contribution is -2.22. The highest BCUT2D eigenvalue weighted by atomic mass is 35.5. The van der Waals surface area contributed by atoms with Gasteiger partial charge in [0.2, 0.25) is 6.29 Å². The van der Waals surface area contributed by atoms with Crippen LogP contribution in [0.5, 0.6) is 0 Å². The molecule has 0 amide bonds. The van der Waals surface area contributed by atoms with Crippen LogP contribution in [-0.2, 0) is 16.1 Å². The fourth-order valence-corrected chi connectivity index (χ4v) is 1.59. The van der Waals surface area contributed by atoms with Crippen molar-refractivity contribution < 1.29 is 14.6 Å². The molecule has 5 heteroatoms. The Hall–Kier alpha value is -1.52. The molecule has 0 aliphatic carbocycles. The molecule has 84 valence electrons. The van der Waals surface area contributed by atoms with Crippen LogP contribution in [-0.4, -0.2) is 17.4 Å². The van der Waals surface area contributed by atoms with E-state index < -0.39 is 12.3 Å². The molecule has 1 aliphatic rings. The lowest BCUT2D eigenvalue weighted by atomic mass is 10.2. The predicted octanol–water partition coefficient (Wildman–Crippen LogP) is 1.10. The summed E-state index contributed by atoms with van der Waals surface area (Å²) in [5.41, 5.74) is 1.24. The molecular formula is C11H10ClNO3. The summed E-state index contributed by atoms with van der Waals surface area (Å²) in [7, 11) is 0. The van der Waals surface area contributed by atoms with E-state index in [-0.39, 0.29) is 10.7 Å². The maximum absolute atomic E-state index is 11.0. The second kappa shape index (κ2) is 4.55. The lowest BCUT2D eigenvalue weighted by molar-refractivity contribution is -0.151. The summed E-state index contributed by atoms with van der Waals surface area (Å²) >= 11 is 5.67. The molecule has 0 aromatic heterocycles. The molecular weight excluding hydrogens is 230 g/mol. The monoisotopic (exact) mass is 239 g/mol. The average Bonchev–Trinajstić information content (AvgIpc) is 2.53. The SMILES string of the molecule is O=C1OC(O)C(NCc2ccccc2)=C1Cl. The van der Waals surface area contributed by atoms with Gasteiger partial charge < -0.3 is 15.2 Å². The number of halogens is 1. The Labute approximate surface area is 97.5 Å². The molecule has 0 saturated carbocycles. The normalized spacial score (nSPS) is 19.9. The Bertz CT molecular complexity index is 430. The van der Waals surface area contributed by atoms with Gasteiger partial charge in [-0.25, -0.2) is 4.79 Å². The fraction of sp³-hybridized carbons (Fsp3) is 0.182. The minimum Gasteiger partial charge on any atom is -0.425 e. The summed E-state index contributed by atoms with van der Waals surface area (Å²) < 4.78 is 4.52. The Kier molecular flexibility index (Phi) is 3.12. The first-order chi connectivity index (χ1) is 7.68. The summed E-state index contributed by atoms with van der Waals surface area (Å²) in [5.74, 6) is -0.704. The topological polar surface area (TPSA) is 58.6 Å². The van der Waals surface area contributed by atoms with Crippen molar-refractivity contribution in [1.82, 2.24) is 5.32 Å². The lowest BCUT2D eigenvalue weighted by Gasteiger charge is -2.10. The maximum atomic E-state index is 11.0. The summed E-state index contributed by atoms with van der Waals surface area (Å²) in [6.07, 6.45) is -1.29. The van der Waals surface area contributed by atoms with Gasteiger partial charge in [-0.05, 0) is 5.56 Å². The molecule has 0 spiro atoms. The van der Waals surface area contributed by atoms with Gasteiger partial charge in [-0.2, -0.15) is 0 Å². The van der Waals surface area contributed by atoms with Crippen LogP contribution in [0.3, 0.4) is 0 Å². The Morgan fingerprint density at radius 2 is 2.06 bits per heavy atom. The van der Waals surface area contributed by atoms with Crippen molar-refractivity contribution in [3.63, 3.8) is 0 Å². The van der Waals surface area contributed by atoms with Crippen molar-refractivity contribution in [2.24, 2.45) is 0 Å². The molecule has 0 saturated heterocycles. The second-order valence-electron chi connectivity index (χ2n) is 3.32. The van der Waals surface area contributed by atoms with Crippen molar-refractivity contribution in [2.75, 3.05) is 0 Å². The quantitative estimate of drug-likeness (QED) is 0.776. The molecule has 1 aromatic carbocycles. The van der Waals surface area contributed by atoms with Crippen molar-refractivity contribution in [2.45, 2.75) is 12.8 Å². The van der Waals surface area contributed by atoms with Crippen LogP contribution in [0.15, 0.2) is 41.1 Å². The summed E-state index contributed by atoms with van der Waals surface area (Å²) in [5, 5.41) is 12.1. The van der Waals surface area contributed by atoms with E-state index in [1.165, 1.54) is 0 Å². The molecule has 2 N–H and O–H groups in total. The van der Waals surface area contributed by atoms with Crippen LogP contribution in [0, 0.1) is 0 Å². The van der Waals surface area contributed by atoms with E-state index in [9.17, 15) is 9.90 Å². The van der Waals surface area contributed by atoms with Gasteiger partial charge >= 0.3 is 5.97 Å². The number of ether oxygens (including phenoxy) is 1. The summed E-state index contributed by atoms with van der Waals surface area (Å²) in [4.78, 5) is 11.0. The number of benzene rings is 1. The molecule has 4 nitrogen and oxygen atoms in total. The zero-order valence-electron chi connectivity index (χ0n) is 8.31. The molecule has 0 bridgehead atoms. The van der Waals surface area contributed by atoms with E-state index in [4.69, 9.17) is 11.6 Å². The third kappa shape index (κ3) is 2.18. The van der Waals surface area contributed by atoms with Crippen molar-refractivity contribution in [1.29, 1.82) is 0 Å². The first-order valence-electron chi connectivity index (χ1n) is 4.75. The smallest absolute Gasteiger partial charge is 0.354 e. The molecule has 1 heterocycles. The molecule has 16 heavy (non-hydrogen) atoms. The van der Waals surface area contributed by atoms with E-state index in [0.29, 0.717) is 6.54 Å². The molecule has 1 unspecified atom stereocenters. The van der Waals surface area contributed by atoms with Crippen LogP contribution in [0.4, 0.5) is 0 Å². The summed E-state index contributed by atoms with van der Waals surface area (Å²) in [6, 6.07) is 9.56. The fourth-order valence-electron chi connectivity index (χ4n) is 1.39. The van der Waals surface area contributed by atoms with Crippen LogP contribution in [0.1, 0.15) is 5.56 Å². The van der Waals surface area contributed by atoms with Crippen LogP contribution in [0.25, 0.3) is 0 Å². The number of hydrogen-bond donors (Lipinski definition) is 2.